The highest BCUT2D eigenvalue weighted by Gasteiger charge is 2.38. The molecule has 42 heavy (non-hydrogen) atoms. The number of morpholine rings is 1. The van der Waals surface area contributed by atoms with Gasteiger partial charge in [0.1, 0.15) is 11.9 Å². The summed E-state index contributed by atoms with van der Waals surface area (Å²) in [5.41, 5.74) is -1.93. The molecule has 0 unspecified atom stereocenters. The molecule has 0 aliphatic carbocycles. The Bertz CT molecular complexity index is 1250. The van der Waals surface area contributed by atoms with Gasteiger partial charge in [-0.15, -0.1) is 0 Å². The van der Waals surface area contributed by atoms with Crippen molar-refractivity contribution in [2.75, 3.05) is 39.4 Å². The van der Waals surface area contributed by atoms with Gasteiger partial charge in [-0.25, -0.2) is 14.0 Å². The van der Waals surface area contributed by atoms with Crippen LogP contribution in [-0.2, 0) is 28.2 Å². The number of halogens is 7. The number of aryl methyl sites for hydroxylation is 1. The van der Waals surface area contributed by atoms with Gasteiger partial charge in [-0.2, -0.15) is 26.3 Å². The van der Waals surface area contributed by atoms with Crippen LogP contribution in [0, 0.1) is 12.7 Å². The Kier molecular flexibility index (Phi) is 9.53. The Morgan fingerprint density at radius 3 is 2.21 bits per heavy atom. The van der Waals surface area contributed by atoms with E-state index in [1.165, 1.54) is 28.0 Å². The van der Waals surface area contributed by atoms with E-state index in [1.54, 1.807) is 6.92 Å². The first kappa shape index (κ1) is 31.4. The Balaban J connectivity index is 1.46. The molecule has 0 spiro atoms. The number of nitrogens with one attached hydrogen (secondary N) is 1. The fourth-order valence-corrected chi connectivity index (χ4v) is 5.13. The Morgan fingerprint density at radius 2 is 1.62 bits per heavy atom. The van der Waals surface area contributed by atoms with E-state index in [4.69, 9.17) is 9.47 Å². The number of piperidine rings is 1. The number of carbonyl (C=O) groups excluding carboxylic acids is 2. The number of nitrogens with zero attached hydrogens (tertiary/aromatic N) is 2. The first-order chi connectivity index (χ1) is 19.7. The standard InChI is InChI=1S/C28H30F7N3O4/c1-17-12-21(29)2-3-23(17)24-16-22(42-26(40)37-8-10-41-11-9-37)5-7-38(24)25(39)36-6-4-18-13-19(27(30,31)32)15-20(14-18)28(33,34)35/h2-3,12-15,22,24H,4-11,16H2,1H3,(H,36,39)/t22-,24+/m0/s1. The highest BCUT2D eigenvalue weighted by molar-refractivity contribution is 5.75. The third-order valence-electron chi connectivity index (χ3n) is 7.28. The van der Waals surface area contributed by atoms with Crippen LogP contribution < -0.4 is 5.32 Å². The normalized spacial score (nSPS) is 19.9. The van der Waals surface area contributed by atoms with Crippen LogP contribution in [0.5, 0.6) is 0 Å². The van der Waals surface area contributed by atoms with E-state index in [2.05, 4.69) is 5.32 Å². The average molecular weight is 606 g/mol. The van der Waals surface area contributed by atoms with Crippen molar-refractivity contribution >= 4 is 12.1 Å². The maximum absolute atomic E-state index is 13.8. The summed E-state index contributed by atoms with van der Waals surface area (Å²) in [6.45, 7) is 3.12. The minimum Gasteiger partial charge on any atom is -0.446 e. The second kappa shape index (κ2) is 12.8. The number of likely N-dealkylation sites (tertiary alicyclic amines) is 1. The third-order valence-corrected chi connectivity index (χ3v) is 7.28. The monoisotopic (exact) mass is 605 g/mol. The van der Waals surface area contributed by atoms with Crippen molar-refractivity contribution in [1.29, 1.82) is 0 Å². The average Bonchev–Trinajstić information content (AvgIpc) is 2.92. The van der Waals surface area contributed by atoms with Crippen LogP contribution >= 0.6 is 0 Å². The molecule has 2 saturated heterocycles. The van der Waals surface area contributed by atoms with Crippen molar-refractivity contribution in [1.82, 2.24) is 15.1 Å². The topological polar surface area (TPSA) is 71.1 Å². The SMILES string of the molecule is Cc1cc(F)ccc1[C@H]1C[C@@H](OC(=O)N2CCOCC2)CCN1C(=O)NCCc1cc(C(F)(F)F)cc(C(F)(F)F)c1. The molecule has 2 aliphatic rings. The molecule has 2 aromatic rings. The molecule has 0 saturated carbocycles. The second-order valence-electron chi connectivity index (χ2n) is 10.2. The fraction of sp³-hybridized carbons (Fsp3) is 0.500. The van der Waals surface area contributed by atoms with Crippen molar-refractivity contribution in [2.45, 2.75) is 50.7 Å². The summed E-state index contributed by atoms with van der Waals surface area (Å²) in [5, 5.41) is 2.58. The van der Waals surface area contributed by atoms with Gasteiger partial charge >= 0.3 is 24.5 Å². The van der Waals surface area contributed by atoms with Crippen molar-refractivity contribution in [2.24, 2.45) is 0 Å². The van der Waals surface area contributed by atoms with Crippen molar-refractivity contribution < 1.29 is 49.8 Å². The van der Waals surface area contributed by atoms with Gasteiger partial charge in [-0.3, -0.25) is 0 Å². The highest BCUT2D eigenvalue weighted by Crippen LogP contribution is 2.37. The molecule has 2 atom stereocenters. The van der Waals surface area contributed by atoms with E-state index < -0.39 is 53.6 Å². The van der Waals surface area contributed by atoms with Gasteiger partial charge in [0.05, 0.1) is 30.4 Å². The lowest BCUT2D eigenvalue weighted by molar-refractivity contribution is -0.143. The molecule has 0 aromatic heterocycles. The fourth-order valence-electron chi connectivity index (χ4n) is 5.13. The minimum atomic E-state index is -4.98. The van der Waals surface area contributed by atoms with Crippen LogP contribution in [0.25, 0.3) is 0 Å². The maximum atomic E-state index is 13.8. The first-order valence-corrected chi connectivity index (χ1v) is 13.3. The largest absolute Gasteiger partial charge is 0.446 e. The molecule has 230 valence electrons. The molecule has 0 bridgehead atoms. The summed E-state index contributed by atoms with van der Waals surface area (Å²) in [5.74, 6) is -0.474. The summed E-state index contributed by atoms with van der Waals surface area (Å²) in [7, 11) is 0. The number of amides is 3. The highest BCUT2D eigenvalue weighted by atomic mass is 19.4. The predicted molar refractivity (Wildman–Crippen MR) is 136 cm³/mol. The van der Waals surface area contributed by atoms with Crippen LogP contribution in [0.1, 0.15) is 46.7 Å². The van der Waals surface area contributed by atoms with Gasteiger partial charge in [0.15, 0.2) is 0 Å². The number of hydrogen-bond acceptors (Lipinski definition) is 4. The molecule has 2 fully saturated rings. The number of hydrogen-bond donors (Lipinski definition) is 1. The van der Waals surface area contributed by atoms with Crippen LogP contribution in [0.2, 0.25) is 0 Å². The lowest BCUT2D eigenvalue weighted by Crippen LogP contribution is -2.49. The van der Waals surface area contributed by atoms with Gasteiger partial charge in [0, 0.05) is 39.0 Å². The molecular weight excluding hydrogens is 575 g/mol. The number of rotatable bonds is 5. The maximum Gasteiger partial charge on any atom is 0.416 e. The van der Waals surface area contributed by atoms with E-state index in [1.807, 2.05) is 0 Å². The van der Waals surface area contributed by atoms with E-state index in [0.29, 0.717) is 56.0 Å². The van der Waals surface area contributed by atoms with Gasteiger partial charge < -0.3 is 24.6 Å². The van der Waals surface area contributed by atoms with E-state index in [-0.39, 0.29) is 37.6 Å². The van der Waals surface area contributed by atoms with Gasteiger partial charge in [0.2, 0.25) is 0 Å². The molecule has 4 rings (SSSR count). The zero-order valence-corrected chi connectivity index (χ0v) is 22.7. The zero-order chi connectivity index (χ0) is 30.7. The minimum absolute atomic E-state index is 0.0493. The van der Waals surface area contributed by atoms with Gasteiger partial charge in [-0.05, 0) is 60.4 Å². The molecule has 2 aliphatic heterocycles. The zero-order valence-electron chi connectivity index (χ0n) is 22.7. The predicted octanol–water partition coefficient (Wildman–Crippen LogP) is 6.10. The molecule has 14 heteroatoms. The van der Waals surface area contributed by atoms with Crippen LogP contribution in [0.15, 0.2) is 36.4 Å². The van der Waals surface area contributed by atoms with Crippen molar-refractivity contribution in [3.63, 3.8) is 0 Å². The molecule has 2 heterocycles. The van der Waals surface area contributed by atoms with Gasteiger partial charge in [-0.1, -0.05) is 6.07 Å². The van der Waals surface area contributed by atoms with E-state index in [9.17, 15) is 40.3 Å². The summed E-state index contributed by atoms with van der Waals surface area (Å²) >= 11 is 0. The number of urea groups is 1. The van der Waals surface area contributed by atoms with Crippen molar-refractivity contribution in [3.05, 3.63) is 70.0 Å². The Hall–Kier alpha value is -3.55. The molecular formula is C28H30F7N3O4. The summed E-state index contributed by atoms with van der Waals surface area (Å²) in [6.07, 6.45) is -10.8. The van der Waals surface area contributed by atoms with Crippen LogP contribution in [0.4, 0.5) is 40.3 Å². The Morgan fingerprint density at radius 1 is 0.976 bits per heavy atom. The first-order valence-electron chi connectivity index (χ1n) is 13.3. The van der Waals surface area contributed by atoms with E-state index >= 15 is 0 Å². The molecule has 0 radical (unpaired) electrons. The number of carbonyl (C=O) groups is 2. The Labute approximate surface area is 237 Å². The molecule has 3 amide bonds. The van der Waals surface area contributed by atoms with E-state index in [0.717, 1.165) is 0 Å². The van der Waals surface area contributed by atoms with Crippen LogP contribution in [0.3, 0.4) is 0 Å². The number of benzene rings is 2. The number of ether oxygens (including phenoxy) is 2. The third kappa shape index (κ3) is 7.84. The summed E-state index contributed by atoms with van der Waals surface area (Å²) in [6, 6.07) is 4.14. The quantitative estimate of drug-likeness (QED) is 0.419. The molecule has 7 nitrogen and oxygen atoms in total. The number of alkyl halides is 6. The summed E-state index contributed by atoms with van der Waals surface area (Å²) in [4.78, 5) is 28.9. The lowest BCUT2D eigenvalue weighted by atomic mass is 9.91. The smallest absolute Gasteiger partial charge is 0.416 e. The van der Waals surface area contributed by atoms with Crippen molar-refractivity contribution in [3.8, 4) is 0 Å². The summed E-state index contributed by atoms with van der Waals surface area (Å²) < 4.78 is 104. The van der Waals surface area contributed by atoms with Gasteiger partial charge in [0.25, 0.3) is 0 Å². The molecule has 2 aromatic carbocycles. The second-order valence-corrected chi connectivity index (χ2v) is 10.2. The lowest BCUT2D eigenvalue weighted by Gasteiger charge is -2.40. The van der Waals surface area contributed by atoms with Crippen LogP contribution in [-0.4, -0.2) is 67.4 Å². The molecule has 1 N–H and O–H groups in total.